The van der Waals surface area contributed by atoms with E-state index in [4.69, 9.17) is 5.73 Å². The topological polar surface area (TPSA) is 56.7 Å². The maximum Gasteiger partial charge on any atom is 0.191 e. The lowest BCUT2D eigenvalue weighted by Gasteiger charge is -2.27. The third-order valence-electron chi connectivity index (χ3n) is 4.08. The van der Waals surface area contributed by atoms with Crippen LogP contribution in [-0.4, -0.2) is 20.0 Å². The summed E-state index contributed by atoms with van der Waals surface area (Å²) in [6.45, 7) is 7.11. The van der Waals surface area contributed by atoms with Crippen LogP contribution in [0.15, 0.2) is 5.16 Å². The van der Waals surface area contributed by atoms with Gasteiger partial charge in [-0.1, -0.05) is 25.1 Å². The molecule has 4 nitrogen and oxygen atoms in total. The Morgan fingerprint density at radius 3 is 2.47 bits per heavy atom. The molecule has 2 N–H and O–H groups in total. The number of nitrogens with zero attached hydrogens (tertiary/aromatic N) is 3. The van der Waals surface area contributed by atoms with Gasteiger partial charge in [0.25, 0.3) is 0 Å². The van der Waals surface area contributed by atoms with Crippen molar-refractivity contribution in [1.82, 2.24) is 14.8 Å². The second kappa shape index (κ2) is 6.75. The number of hydrogen-bond donors (Lipinski definition) is 1. The van der Waals surface area contributed by atoms with E-state index >= 15 is 0 Å². The summed E-state index contributed by atoms with van der Waals surface area (Å²) in [5.74, 6) is 1.85. The minimum atomic E-state index is 0.378. The van der Waals surface area contributed by atoms with Crippen molar-refractivity contribution in [1.29, 1.82) is 0 Å². The van der Waals surface area contributed by atoms with Gasteiger partial charge in [-0.2, -0.15) is 0 Å². The first-order valence-corrected chi connectivity index (χ1v) is 8.34. The summed E-state index contributed by atoms with van der Waals surface area (Å²) in [6, 6.07) is 0.378. The summed E-state index contributed by atoms with van der Waals surface area (Å²) in [4.78, 5) is 0. The summed E-state index contributed by atoms with van der Waals surface area (Å²) in [7, 11) is 0. The molecule has 0 amide bonds. The molecule has 2 rings (SSSR count). The average molecular weight is 282 g/mol. The molecule has 0 unspecified atom stereocenters. The monoisotopic (exact) mass is 282 g/mol. The van der Waals surface area contributed by atoms with E-state index in [1.807, 2.05) is 11.8 Å². The van der Waals surface area contributed by atoms with Crippen LogP contribution in [0.4, 0.5) is 0 Å². The minimum Gasteiger partial charge on any atom is -0.324 e. The molecule has 19 heavy (non-hydrogen) atoms. The highest BCUT2D eigenvalue weighted by Crippen LogP contribution is 2.37. The number of aromatic nitrogens is 3. The Labute approximate surface area is 120 Å². The molecule has 0 bridgehead atoms. The fourth-order valence-electron chi connectivity index (χ4n) is 2.85. The second-order valence-electron chi connectivity index (χ2n) is 5.74. The van der Waals surface area contributed by atoms with Crippen LogP contribution in [-0.2, 0) is 6.54 Å². The van der Waals surface area contributed by atoms with Crippen LogP contribution in [0.5, 0.6) is 0 Å². The van der Waals surface area contributed by atoms with Crippen molar-refractivity contribution in [2.75, 3.05) is 0 Å². The zero-order chi connectivity index (χ0) is 13.8. The minimum absolute atomic E-state index is 0.378. The van der Waals surface area contributed by atoms with Crippen molar-refractivity contribution in [2.24, 2.45) is 11.7 Å². The largest absolute Gasteiger partial charge is 0.324 e. The van der Waals surface area contributed by atoms with Gasteiger partial charge in [-0.3, -0.25) is 0 Å². The zero-order valence-electron chi connectivity index (χ0n) is 12.3. The highest BCUT2D eigenvalue weighted by molar-refractivity contribution is 7.99. The number of hydrogen-bond acceptors (Lipinski definition) is 4. The smallest absolute Gasteiger partial charge is 0.191 e. The number of thioether (sulfide) groups is 1. The molecule has 5 heteroatoms. The Balaban J connectivity index is 2.01. The van der Waals surface area contributed by atoms with Crippen molar-refractivity contribution >= 4 is 11.8 Å². The SMILES string of the molecule is CCC1CCC(Sc2nnc(CN)n2C(C)C)CC1. The Kier molecular flexibility index (Phi) is 5.28. The van der Waals surface area contributed by atoms with E-state index < -0.39 is 0 Å². The van der Waals surface area contributed by atoms with Crippen LogP contribution in [0.2, 0.25) is 0 Å². The summed E-state index contributed by atoms with van der Waals surface area (Å²) in [5, 5.41) is 10.3. The predicted molar refractivity (Wildman–Crippen MR) is 80.2 cm³/mol. The molecule has 1 fully saturated rings. The first kappa shape index (κ1) is 14.9. The second-order valence-corrected chi connectivity index (χ2v) is 7.00. The summed E-state index contributed by atoms with van der Waals surface area (Å²) in [6.07, 6.45) is 6.69. The van der Waals surface area contributed by atoms with Crippen molar-refractivity contribution < 1.29 is 0 Å². The molecule has 0 atom stereocenters. The maximum absolute atomic E-state index is 5.74. The predicted octanol–water partition coefficient (Wildman–Crippen LogP) is 3.38. The van der Waals surface area contributed by atoms with Gasteiger partial charge in [-0.05, 0) is 45.4 Å². The van der Waals surface area contributed by atoms with E-state index in [0.29, 0.717) is 17.8 Å². The maximum atomic E-state index is 5.74. The van der Waals surface area contributed by atoms with Gasteiger partial charge in [-0.25, -0.2) is 0 Å². The molecule has 0 aromatic carbocycles. The lowest BCUT2D eigenvalue weighted by atomic mass is 9.87. The fraction of sp³-hybridized carbons (Fsp3) is 0.857. The molecular weight excluding hydrogens is 256 g/mol. The molecule has 1 aliphatic rings. The van der Waals surface area contributed by atoms with E-state index in [9.17, 15) is 0 Å². The standard InChI is InChI=1S/C14H26N4S/c1-4-11-5-7-12(8-6-11)19-14-17-16-13(9-15)18(14)10(2)3/h10-12H,4-9,15H2,1-3H3. The number of nitrogens with two attached hydrogens (primary N) is 1. The van der Waals surface area contributed by atoms with E-state index in [1.54, 1.807) is 0 Å². The first-order chi connectivity index (χ1) is 9.15. The highest BCUT2D eigenvalue weighted by atomic mass is 32.2. The summed E-state index contributed by atoms with van der Waals surface area (Å²) >= 11 is 1.90. The molecule has 1 aliphatic carbocycles. The highest BCUT2D eigenvalue weighted by Gasteiger charge is 2.24. The molecular formula is C14H26N4S. The van der Waals surface area contributed by atoms with Crippen molar-refractivity contribution in [3.8, 4) is 0 Å². The van der Waals surface area contributed by atoms with Gasteiger partial charge < -0.3 is 10.3 Å². The molecule has 1 heterocycles. The molecule has 1 saturated carbocycles. The van der Waals surface area contributed by atoms with Crippen molar-refractivity contribution in [2.45, 2.75) is 75.9 Å². The van der Waals surface area contributed by atoms with Crippen LogP contribution < -0.4 is 5.73 Å². The average Bonchev–Trinajstić information content (AvgIpc) is 2.82. The molecule has 0 spiro atoms. The first-order valence-electron chi connectivity index (χ1n) is 7.46. The molecule has 0 saturated heterocycles. The van der Waals surface area contributed by atoms with Crippen LogP contribution in [0.25, 0.3) is 0 Å². The van der Waals surface area contributed by atoms with Gasteiger partial charge in [0.2, 0.25) is 0 Å². The Morgan fingerprint density at radius 1 is 1.26 bits per heavy atom. The van der Waals surface area contributed by atoms with Gasteiger partial charge in [-0.15, -0.1) is 10.2 Å². The fourth-order valence-corrected chi connectivity index (χ4v) is 4.18. The van der Waals surface area contributed by atoms with Crippen LogP contribution in [0.3, 0.4) is 0 Å². The van der Waals surface area contributed by atoms with Crippen molar-refractivity contribution in [3.63, 3.8) is 0 Å². The van der Waals surface area contributed by atoms with Gasteiger partial charge in [0.05, 0.1) is 6.54 Å². The normalized spacial score (nSPS) is 24.1. The molecule has 1 aromatic rings. The summed E-state index contributed by atoms with van der Waals surface area (Å²) < 4.78 is 2.19. The lowest BCUT2D eigenvalue weighted by molar-refractivity contribution is 0.355. The lowest BCUT2D eigenvalue weighted by Crippen LogP contribution is -2.17. The quantitative estimate of drug-likeness (QED) is 0.899. The van der Waals surface area contributed by atoms with Gasteiger partial charge in [0.1, 0.15) is 5.82 Å². The van der Waals surface area contributed by atoms with E-state index in [-0.39, 0.29) is 0 Å². The third kappa shape index (κ3) is 3.51. The van der Waals surface area contributed by atoms with Crippen LogP contribution in [0.1, 0.15) is 64.7 Å². The molecule has 1 aromatic heterocycles. The Hall–Kier alpha value is -0.550. The molecule has 108 valence electrons. The third-order valence-corrected chi connectivity index (χ3v) is 5.37. The van der Waals surface area contributed by atoms with Crippen LogP contribution in [0, 0.1) is 5.92 Å². The Morgan fingerprint density at radius 2 is 1.95 bits per heavy atom. The van der Waals surface area contributed by atoms with Crippen molar-refractivity contribution in [3.05, 3.63) is 5.82 Å². The van der Waals surface area contributed by atoms with Gasteiger partial charge in [0.15, 0.2) is 5.16 Å². The van der Waals surface area contributed by atoms with Crippen LogP contribution >= 0.6 is 11.8 Å². The Bertz CT molecular complexity index is 394. The van der Waals surface area contributed by atoms with Gasteiger partial charge >= 0.3 is 0 Å². The molecule has 0 aliphatic heterocycles. The number of rotatable bonds is 5. The van der Waals surface area contributed by atoms with E-state index in [1.165, 1.54) is 32.1 Å². The summed E-state index contributed by atoms with van der Waals surface area (Å²) in [5.41, 5.74) is 5.74. The van der Waals surface area contributed by atoms with E-state index in [0.717, 1.165) is 16.9 Å². The zero-order valence-corrected chi connectivity index (χ0v) is 13.1. The van der Waals surface area contributed by atoms with Gasteiger partial charge in [0, 0.05) is 11.3 Å². The molecule has 0 radical (unpaired) electrons. The van der Waals surface area contributed by atoms with E-state index in [2.05, 4.69) is 35.5 Å².